The summed E-state index contributed by atoms with van der Waals surface area (Å²) in [6.07, 6.45) is 6.04. The van der Waals surface area contributed by atoms with Crippen LogP contribution in [0.2, 0.25) is 0 Å². The molecule has 1 N–H and O–H groups in total. The maximum Gasteiger partial charge on any atom is 0.252 e. The first-order valence-electron chi connectivity index (χ1n) is 6.83. The van der Waals surface area contributed by atoms with Crippen molar-refractivity contribution in [2.45, 2.75) is 19.4 Å². The fourth-order valence-corrected chi connectivity index (χ4v) is 2.28. The molecule has 1 aliphatic heterocycles. The normalized spacial score (nSPS) is 20.1. The van der Waals surface area contributed by atoms with Gasteiger partial charge in [-0.25, -0.2) is 15.0 Å². The standard InChI is InChI=1S/C13H18N6O/c1-10(16-7-11-3-6-20-8-11)12-17-9-18-19(12)13-14-4-2-5-15-13/h2,4-5,9-11,16H,3,6-8H2,1H3. The van der Waals surface area contributed by atoms with Crippen LogP contribution in [-0.2, 0) is 4.74 Å². The molecule has 0 aromatic carbocycles. The molecular weight excluding hydrogens is 256 g/mol. The molecule has 1 fully saturated rings. The summed E-state index contributed by atoms with van der Waals surface area (Å²) >= 11 is 0. The van der Waals surface area contributed by atoms with E-state index in [-0.39, 0.29) is 6.04 Å². The highest BCUT2D eigenvalue weighted by molar-refractivity contribution is 5.11. The Balaban J connectivity index is 1.69. The third-order valence-electron chi connectivity index (χ3n) is 3.44. The number of hydrogen-bond acceptors (Lipinski definition) is 6. The van der Waals surface area contributed by atoms with Gasteiger partial charge in [0.2, 0.25) is 0 Å². The molecule has 0 aliphatic carbocycles. The molecule has 0 amide bonds. The molecule has 20 heavy (non-hydrogen) atoms. The third-order valence-corrected chi connectivity index (χ3v) is 3.44. The van der Waals surface area contributed by atoms with Gasteiger partial charge in [-0.3, -0.25) is 0 Å². The summed E-state index contributed by atoms with van der Waals surface area (Å²) in [4.78, 5) is 12.7. The second kappa shape index (κ2) is 6.06. The van der Waals surface area contributed by atoms with Gasteiger partial charge in [0, 0.05) is 25.5 Å². The van der Waals surface area contributed by atoms with Crippen molar-refractivity contribution in [3.8, 4) is 5.95 Å². The lowest BCUT2D eigenvalue weighted by molar-refractivity contribution is 0.184. The van der Waals surface area contributed by atoms with E-state index >= 15 is 0 Å². The first-order valence-corrected chi connectivity index (χ1v) is 6.83. The van der Waals surface area contributed by atoms with E-state index in [1.807, 2.05) is 0 Å². The average Bonchev–Trinajstić information content (AvgIpc) is 3.17. The van der Waals surface area contributed by atoms with Crippen LogP contribution in [-0.4, -0.2) is 44.5 Å². The van der Waals surface area contributed by atoms with E-state index in [4.69, 9.17) is 4.74 Å². The van der Waals surface area contributed by atoms with Crippen molar-refractivity contribution in [3.05, 3.63) is 30.6 Å². The molecule has 1 aliphatic rings. The van der Waals surface area contributed by atoms with Crippen LogP contribution in [0.25, 0.3) is 5.95 Å². The minimum absolute atomic E-state index is 0.0851. The van der Waals surface area contributed by atoms with Gasteiger partial charge in [0.05, 0.1) is 12.6 Å². The van der Waals surface area contributed by atoms with E-state index in [1.165, 1.54) is 6.33 Å². The van der Waals surface area contributed by atoms with Gasteiger partial charge >= 0.3 is 0 Å². The molecular formula is C13H18N6O. The molecule has 2 atom stereocenters. The monoisotopic (exact) mass is 274 g/mol. The number of ether oxygens (including phenoxy) is 1. The van der Waals surface area contributed by atoms with Crippen molar-refractivity contribution < 1.29 is 4.74 Å². The molecule has 0 saturated carbocycles. The Morgan fingerprint density at radius 3 is 3.00 bits per heavy atom. The number of nitrogens with one attached hydrogen (secondary N) is 1. The zero-order valence-electron chi connectivity index (χ0n) is 11.4. The minimum atomic E-state index is 0.0851. The number of nitrogens with zero attached hydrogens (tertiary/aromatic N) is 5. The van der Waals surface area contributed by atoms with Crippen LogP contribution in [0.15, 0.2) is 24.8 Å². The molecule has 106 valence electrons. The van der Waals surface area contributed by atoms with Crippen LogP contribution < -0.4 is 5.32 Å². The predicted molar refractivity (Wildman–Crippen MR) is 72.3 cm³/mol. The summed E-state index contributed by atoms with van der Waals surface area (Å²) < 4.78 is 7.05. The summed E-state index contributed by atoms with van der Waals surface area (Å²) in [5.41, 5.74) is 0. The molecule has 3 rings (SSSR count). The average molecular weight is 274 g/mol. The van der Waals surface area contributed by atoms with E-state index in [0.29, 0.717) is 11.9 Å². The summed E-state index contributed by atoms with van der Waals surface area (Å²) in [5.74, 6) is 1.94. The van der Waals surface area contributed by atoms with Gasteiger partial charge < -0.3 is 10.1 Å². The van der Waals surface area contributed by atoms with Crippen LogP contribution in [0.5, 0.6) is 0 Å². The maximum atomic E-state index is 5.38. The Bertz CT molecular complexity index is 537. The summed E-state index contributed by atoms with van der Waals surface area (Å²) in [6, 6.07) is 1.86. The molecule has 0 spiro atoms. The smallest absolute Gasteiger partial charge is 0.252 e. The van der Waals surface area contributed by atoms with Crippen LogP contribution >= 0.6 is 0 Å². The highest BCUT2D eigenvalue weighted by atomic mass is 16.5. The largest absolute Gasteiger partial charge is 0.381 e. The van der Waals surface area contributed by atoms with Crippen LogP contribution in [0.3, 0.4) is 0 Å². The minimum Gasteiger partial charge on any atom is -0.381 e. The second-order valence-electron chi connectivity index (χ2n) is 4.94. The zero-order valence-corrected chi connectivity index (χ0v) is 11.4. The molecule has 7 nitrogen and oxygen atoms in total. The van der Waals surface area contributed by atoms with E-state index in [2.05, 4.69) is 32.3 Å². The van der Waals surface area contributed by atoms with Gasteiger partial charge in [-0.05, 0) is 25.3 Å². The topological polar surface area (TPSA) is 77.8 Å². The van der Waals surface area contributed by atoms with E-state index in [1.54, 1.807) is 23.1 Å². The fraction of sp³-hybridized carbons (Fsp3) is 0.538. The molecule has 1 saturated heterocycles. The summed E-state index contributed by atoms with van der Waals surface area (Å²) in [7, 11) is 0. The lowest BCUT2D eigenvalue weighted by atomic mass is 10.1. The van der Waals surface area contributed by atoms with E-state index in [0.717, 1.165) is 32.0 Å². The van der Waals surface area contributed by atoms with E-state index in [9.17, 15) is 0 Å². The quantitative estimate of drug-likeness (QED) is 0.866. The van der Waals surface area contributed by atoms with Gasteiger partial charge in [0.1, 0.15) is 6.33 Å². The van der Waals surface area contributed by atoms with Gasteiger partial charge in [-0.1, -0.05) is 0 Å². The van der Waals surface area contributed by atoms with Crippen LogP contribution in [0.1, 0.15) is 25.2 Å². The van der Waals surface area contributed by atoms with Gasteiger partial charge in [0.25, 0.3) is 5.95 Å². The molecule has 0 radical (unpaired) electrons. The molecule has 3 heterocycles. The highest BCUT2D eigenvalue weighted by Crippen LogP contribution is 2.15. The fourth-order valence-electron chi connectivity index (χ4n) is 2.28. The highest BCUT2D eigenvalue weighted by Gasteiger charge is 2.19. The van der Waals surface area contributed by atoms with Gasteiger partial charge in [-0.2, -0.15) is 9.78 Å². The molecule has 7 heteroatoms. The Labute approximate surface area is 117 Å². The van der Waals surface area contributed by atoms with E-state index < -0.39 is 0 Å². The third kappa shape index (κ3) is 2.83. The summed E-state index contributed by atoms with van der Waals surface area (Å²) in [6.45, 7) is 4.70. The molecule has 0 bridgehead atoms. The Morgan fingerprint density at radius 1 is 1.40 bits per heavy atom. The number of rotatable bonds is 5. The first-order chi connectivity index (χ1) is 9.84. The summed E-state index contributed by atoms with van der Waals surface area (Å²) in [5, 5.41) is 7.68. The zero-order chi connectivity index (χ0) is 13.8. The maximum absolute atomic E-state index is 5.38. The molecule has 2 aromatic heterocycles. The van der Waals surface area contributed by atoms with Crippen LogP contribution in [0, 0.1) is 5.92 Å². The van der Waals surface area contributed by atoms with Crippen molar-refractivity contribution in [2.24, 2.45) is 5.92 Å². The van der Waals surface area contributed by atoms with Crippen molar-refractivity contribution in [1.82, 2.24) is 30.0 Å². The predicted octanol–water partition coefficient (Wildman–Crippen LogP) is 0.744. The van der Waals surface area contributed by atoms with Crippen LogP contribution in [0.4, 0.5) is 0 Å². The molecule has 2 aromatic rings. The van der Waals surface area contributed by atoms with Crippen molar-refractivity contribution in [3.63, 3.8) is 0 Å². The lowest BCUT2D eigenvalue weighted by Crippen LogP contribution is -2.28. The van der Waals surface area contributed by atoms with Crippen molar-refractivity contribution in [1.29, 1.82) is 0 Å². The number of aromatic nitrogens is 5. The Morgan fingerprint density at radius 2 is 2.25 bits per heavy atom. The first kappa shape index (κ1) is 13.1. The second-order valence-corrected chi connectivity index (χ2v) is 4.94. The molecule has 2 unspecified atom stereocenters. The van der Waals surface area contributed by atoms with Gasteiger partial charge in [-0.15, -0.1) is 0 Å². The Kier molecular flexibility index (Phi) is 3.98. The SMILES string of the molecule is CC(NCC1CCOC1)c1ncnn1-c1ncccn1. The lowest BCUT2D eigenvalue weighted by Gasteiger charge is -2.16. The van der Waals surface area contributed by atoms with Gasteiger partial charge in [0.15, 0.2) is 5.82 Å². The van der Waals surface area contributed by atoms with Crippen molar-refractivity contribution in [2.75, 3.05) is 19.8 Å². The van der Waals surface area contributed by atoms with Crippen molar-refractivity contribution >= 4 is 0 Å². The Hall–Kier alpha value is -1.86. The number of hydrogen-bond donors (Lipinski definition) is 1.